The van der Waals surface area contributed by atoms with Crippen LogP contribution in [0.2, 0.25) is 0 Å². The molecule has 2 aromatic rings. The summed E-state index contributed by atoms with van der Waals surface area (Å²) in [6.07, 6.45) is 0. The molecule has 0 unspecified atom stereocenters. The molecule has 1 aliphatic heterocycles. The van der Waals surface area contributed by atoms with Crippen LogP contribution in [0.3, 0.4) is 0 Å². The van der Waals surface area contributed by atoms with E-state index in [4.69, 9.17) is 15.2 Å². The fourth-order valence-corrected chi connectivity index (χ4v) is 4.56. The van der Waals surface area contributed by atoms with E-state index in [0.717, 1.165) is 16.8 Å². The van der Waals surface area contributed by atoms with Crippen LogP contribution in [0.25, 0.3) is 0 Å². The molecule has 1 atom stereocenters. The largest absolute Gasteiger partial charge is 0.463 e. The van der Waals surface area contributed by atoms with Gasteiger partial charge in [-0.2, -0.15) is 10.5 Å². The number of esters is 1. The molecule has 0 radical (unpaired) electrons. The van der Waals surface area contributed by atoms with Gasteiger partial charge in [0.2, 0.25) is 5.88 Å². The number of nitriles is 2. The van der Waals surface area contributed by atoms with Crippen LogP contribution >= 0.6 is 11.8 Å². The Morgan fingerprint density at radius 1 is 1.25 bits per heavy atom. The monoisotopic (exact) mass is 446 g/mol. The van der Waals surface area contributed by atoms with Crippen LogP contribution in [-0.2, 0) is 14.3 Å². The third-order valence-electron chi connectivity index (χ3n) is 4.89. The highest BCUT2D eigenvalue weighted by atomic mass is 32.2. The predicted molar refractivity (Wildman–Crippen MR) is 120 cm³/mol. The van der Waals surface area contributed by atoms with Gasteiger partial charge in [0, 0.05) is 5.69 Å². The van der Waals surface area contributed by atoms with Gasteiger partial charge in [-0.05, 0) is 38.0 Å². The van der Waals surface area contributed by atoms with Crippen molar-refractivity contribution in [2.24, 2.45) is 5.73 Å². The third kappa shape index (κ3) is 4.61. The van der Waals surface area contributed by atoms with Gasteiger partial charge in [-0.15, -0.1) is 0 Å². The van der Waals surface area contributed by atoms with E-state index in [1.807, 2.05) is 50.2 Å². The molecule has 32 heavy (non-hydrogen) atoms. The molecule has 2 heterocycles. The maximum Gasteiger partial charge on any atom is 0.338 e. The first-order valence-corrected chi connectivity index (χ1v) is 10.9. The number of ether oxygens (including phenoxy) is 2. The molecular weight excluding hydrogens is 424 g/mol. The minimum Gasteiger partial charge on any atom is -0.463 e. The van der Waals surface area contributed by atoms with Gasteiger partial charge in [0.25, 0.3) is 0 Å². The molecule has 0 fully saturated rings. The first-order valence-electron chi connectivity index (χ1n) is 9.95. The highest BCUT2D eigenvalue weighted by molar-refractivity contribution is 7.99. The fraction of sp³-hybridized carbons (Fsp3) is 0.250. The highest BCUT2D eigenvalue weighted by Crippen LogP contribution is 2.41. The average Bonchev–Trinajstić information content (AvgIpc) is 2.77. The summed E-state index contributed by atoms with van der Waals surface area (Å²) in [5.74, 6) is -0.887. The first-order chi connectivity index (χ1) is 15.4. The Labute approximate surface area is 191 Å². The van der Waals surface area contributed by atoms with Gasteiger partial charge in [-0.25, -0.2) is 9.78 Å². The second-order valence-electron chi connectivity index (χ2n) is 7.05. The van der Waals surface area contributed by atoms with Gasteiger partial charge >= 0.3 is 5.97 Å². The Hall–Kier alpha value is -3.75. The highest BCUT2D eigenvalue weighted by Gasteiger charge is 2.37. The lowest BCUT2D eigenvalue weighted by Gasteiger charge is -2.28. The molecular formula is C24H22N4O3S. The quantitative estimate of drug-likeness (QED) is 0.522. The van der Waals surface area contributed by atoms with Crippen molar-refractivity contribution < 1.29 is 14.3 Å². The number of pyridine rings is 1. The first kappa shape index (κ1) is 22.9. The van der Waals surface area contributed by atoms with Gasteiger partial charge in [0.15, 0.2) is 0 Å². The summed E-state index contributed by atoms with van der Waals surface area (Å²) in [4.78, 5) is 17.5. The molecule has 0 saturated heterocycles. The Balaban J connectivity index is 2.10. The number of allylic oxidation sites excluding steroid dienone is 1. The summed E-state index contributed by atoms with van der Waals surface area (Å²) < 4.78 is 11.1. The van der Waals surface area contributed by atoms with E-state index < -0.39 is 11.9 Å². The lowest BCUT2D eigenvalue weighted by molar-refractivity contribution is -0.139. The van der Waals surface area contributed by atoms with Crippen molar-refractivity contribution in [1.82, 2.24) is 4.98 Å². The lowest BCUT2D eigenvalue weighted by atomic mass is 9.83. The van der Waals surface area contributed by atoms with Crippen molar-refractivity contribution in [3.63, 3.8) is 0 Å². The summed E-state index contributed by atoms with van der Waals surface area (Å²) in [7, 11) is 0. The van der Waals surface area contributed by atoms with Gasteiger partial charge in [0.1, 0.15) is 28.5 Å². The summed E-state index contributed by atoms with van der Waals surface area (Å²) >= 11 is 1.27. The minimum atomic E-state index is -0.716. The van der Waals surface area contributed by atoms with Crippen LogP contribution in [0, 0.1) is 36.5 Å². The van der Waals surface area contributed by atoms with E-state index in [2.05, 4.69) is 17.1 Å². The van der Waals surface area contributed by atoms with Crippen LogP contribution in [0.15, 0.2) is 64.2 Å². The van der Waals surface area contributed by atoms with Crippen molar-refractivity contribution in [1.29, 1.82) is 10.5 Å². The van der Waals surface area contributed by atoms with E-state index in [-0.39, 0.29) is 35.1 Å². The maximum absolute atomic E-state index is 13.0. The summed E-state index contributed by atoms with van der Waals surface area (Å²) in [6, 6.07) is 15.3. The minimum absolute atomic E-state index is 0.0566. The second kappa shape index (κ2) is 10.0. The number of benzene rings is 1. The van der Waals surface area contributed by atoms with Crippen molar-refractivity contribution in [2.45, 2.75) is 31.7 Å². The Kier molecular flexibility index (Phi) is 7.19. The standard InChI is InChI=1S/C24H22N4O3S/c1-4-30-24(29)21-19(13-32-23-17(11-25)14(2)10-15(3)28-23)31-22(27)18(12-26)20(21)16-8-6-5-7-9-16/h5-10,20H,4,13,27H2,1-3H3/t20-/m1/s1. The van der Waals surface area contributed by atoms with Gasteiger partial charge in [0.05, 0.1) is 29.4 Å². The van der Waals surface area contributed by atoms with E-state index in [1.54, 1.807) is 6.92 Å². The molecule has 0 aliphatic carbocycles. The number of nitrogens with two attached hydrogens (primary N) is 1. The van der Waals surface area contributed by atoms with Crippen molar-refractivity contribution >= 4 is 17.7 Å². The van der Waals surface area contributed by atoms with Crippen molar-refractivity contribution in [3.8, 4) is 12.1 Å². The summed E-state index contributed by atoms with van der Waals surface area (Å²) in [5, 5.41) is 19.8. The van der Waals surface area contributed by atoms with Crippen molar-refractivity contribution in [2.75, 3.05) is 12.4 Å². The molecule has 0 bridgehead atoms. The van der Waals surface area contributed by atoms with Crippen LogP contribution in [0.5, 0.6) is 0 Å². The lowest BCUT2D eigenvalue weighted by Crippen LogP contribution is -2.27. The molecule has 8 heteroatoms. The van der Waals surface area contributed by atoms with Gasteiger partial charge < -0.3 is 15.2 Å². The summed E-state index contributed by atoms with van der Waals surface area (Å²) in [5.41, 5.74) is 9.25. The van der Waals surface area contributed by atoms with Gasteiger partial charge in [-0.3, -0.25) is 0 Å². The Morgan fingerprint density at radius 3 is 2.59 bits per heavy atom. The number of hydrogen-bond donors (Lipinski definition) is 1. The van der Waals surface area contributed by atoms with Crippen LogP contribution in [0.1, 0.15) is 35.2 Å². The zero-order valence-electron chi connectivity index (χ0n) is 18.0. The normalized spacial score (nSPS) is 15.6. The Morgan fingerprint density at radius 2 is 1.97 bits per heavy atom. The van der Waals surface area contributed by atoms with E-state index >= 15 is 0 Å². The predicted octanol–water partition coefficient (Wildman–Crippen LogP) is 3.99. The van der Waals surface area contributed by atoms with E-state index in [0.29, 0.717) is 10.6 Å². The molecule has 0 amide bonds. The maximum atomic E-state index is 13.0. The average molecular weight is 447 g/mol. The number of carbonyl (C=O) groups excluding carboxylic acids is 1. The van der Waals surface area contributed by atoms with E-state index in [9.17, 15) is 15.3 Å². The number of thioether (sulfide) groups is 1. The smallest absolute Gasteiger partial charge is 0.338 e. The van der Waals surface area contributed by atoms with Crippen LogP contribution < -0.4 is 5.73 Å². The van der Waals surface area contributed by atoms with Gasteiger partial charge in [-0.1, -0.05) is 42.1 Å². The second-order valence-corrected chi connectivity index (χ2v) is 8.02. The molecule has 0 spiro atoms. The number of aromatic nitrogens is 1. The molecule has 1 aromatic heterocycles. The number of aryl methyl sites for hydroxylation is 2. The molecule has 1 aromatic carbocycles. The number of rotatable bonds is 6. The molecule has 162 valence electrons. The van der Waals surface area contributed by atoms with E-state index in [1.165, 1.54) is 11.8 Å². The molecule has 0 saturated carbocycles. The van der Waals surface area contributed by atoms with Crippen LogP contribution in [0.4, 0.5) is 0 Å². The third-order valence-corrected chi connectivity index (χ3v) is 5.86. The number of nitrogens with zero attached hydrogens (tertiary/aromatic N) is 3. The number of hydrogen-bond acceptors (Lipinski definition) is 8. The Bertz CT molecular complexity index is 1190. The molecule has 7 nitrogen and oxygen atoms in total. The SMILES string of the molecule is CCOC(=O)C1=C(CSc2nc(C)cc(C)c2C#N)OC(N)=C(C#N)[C@H]1c1ccccc1. The zero-order chi connectivity index (χ0) is 23.3. The van der Waals surface area contributed by atoms with Crippen molar-refractivity contribution in [3.05, 3.63) is 81.6 Å². The summed E-state index contributed by atoms with van der Waals surface area (Å²) in [6.45, 7) is 5.58. The number of carbonyl (C=O) groups is 1. The molecule has 1 aliphatic rings. The topological polar surface area (TPSA) is 122 Å². The fourth-order valence-electron chi connectivity index (χ4n) is 3.51. The molecule has 2 N–H and O–H groups in total. The molecule has 3 rings (SSSR count). The van der Waals surface area contributed by atoms with Crippen LogP contribution in [-0.4, -0.2) is 23.3 Å². The zero-order valence-corrected chi connectivity index (χ0v) is 18.8.